The van der Waals surface area contributed by atoms with Gasteiger partial charge in [-0.05, 0) is 83.0 Å². The molecule has 0 radical (unpaired) electrons. The Bertz CT molecular complexity index is 1420. The van der Waals surface area contributed by atoms with Crippen molar-refractivity contribution in [2.75, 3.05) is 0 Å². The molecule has 6 N–H and O–H groups in total. The summed E-state index contributed by atoms with van der Waals surface area (Å²) < 4.78 is 12.2. The van der Waals surface area contributed by atoms with E-state index < -0.39 is 85.9 Å². The van der Waals surface area contributed by atoms with Crippen LogP contribution in [0.3, 0.4) is 0 Å². The highest BCUT2D eigenvalue weighted by Crippen LogP contribution is 2.38. The van der Waals surface area contributed by atoms with E-state index in [0.29, 0.717) is 6.42 Å². The van der Waals surface area contributed by atoms with Crippen molar-refractivity contribution < 1.29 is 43.0 Å². The van der Waals surface area contributed by atoms with Gasteiger partial charge in [0.15, 0.2) is 8.32 Å². The highest BCUT2D eigenvalue weighted by molar-refractivity contribution is 6.74. The van der Waals surface area contributed by atoms with E-state index in [1.807, 2.05) is 30.3 Å². The Morgan fingerprint density at radius 3 is 1.70 bits per heavy atom. The van der Waals surface area contributed by atoms with Gasteiger partial charge in [-0.3, -0.25) is 19.2 Å². The van der Waals surface area contributed by atoms with Crippen molar-refractivity contribution in [3.63, 3.8) is 0 Å². The number of alkyl carbamates (subject to hydrolysis) is 1. The first-order chi connectivity index (χ1) is 24.6. The summed E-state index contributed by atoms with van der Waals surface area (Å²) in [5.41, 5.74) is 0.159. The van der Waals surface area contributed by atoms with Crippen LogP contribution in [0.5, 0.6) is 0 Å². The van der Waals surface area contributed by atoms with Gasteiger partial charge in [-0.25, -0.2) is 9.59 Å². The van der Waals surface area contributed by atoms with Crippen molar-refractivity contribution in [3.05, 3.63) is 35.9 Å². The molecule has 0 saturated carbocycles. The molecule has 0 bridgehead atoms. The van der Waals surface area contributed by atoms with Gasteiger partial charge in [0, 0.05) is 6.42 Å². The van der Waals surface area contributed by atoms with Crippen LogP contribution in [-0.4, -0.2) is 91.0 Å². The molecule has 1 aromatic carbocycles. The number of nitrogens with one attached hydrogen (secondary N) is 5. The van der Waals surface area contributed by atoms with E-state index in [4.69, 9.17) is 9.16 Å². The SMILES string of the molecule is CC(NC(=O)OC(C)(C)C)C(=O)NC(C)C(=O)NC(Cc1ccccc1)C(CCC(=O)NC(C(=O)NC(C(=O)O)C(C)C)C(C)C)O[Si](C)(C)C(C)(C)C. The molecular weight excluding hydrogens is 711 g/mol. The molecule has 1 aromatic rings. The number of ether oxygens (including phenoxy) is 1. The summed E-state index contributed by atoms with van der Waals surface area (Å²) in [6.07, 6.45) is -0.929. The number of carboxylic acid groups (broad SMARTS) is 1. The fourth-order valence-electron chi connectivity index (χ4n) is 5.11. The average Bonchev–Trinajstić information content (AvgIpc) is 3.02. The molecule has 0 aliphatic carbocycles. The largest absolute Gasteiger partial charge is 0.480 e. The summed E-state index contributed by atoms with van der Waals surface area (Å²) in [4.78, 5) is 77.4. The molecule has 15 heteroatoms. The smallest absolute Gasteiger partial charge is 0.408 e. The van der Waals surface area contributed by atoms with Crippen LogP contribution in [0.25, 0.3) is 0 Å². The normalized spacial score (nSPS) is 15.6. The number of amides is 5. The molecule has 0 spiro atoms. The Morgan fingerprint density at radius 1 is 0.704 bits per heavy atom. The molecule has 306 valence electrons. The molecule has 1 rings (SSSR count). The quantitative estimate of drug-likeness (QED) is 0.108. The van der Waals surface area contributed by atoms with Gasteiger partial charge in [0.05, 0.1) is 12.1 Å². The van der Waals surface area contributed by atoms with Gasteiger partial charge in [0.25, 0.3) is 0 Å². The number of hydrogen-bond donors (Lipinski definition) is 6. The second kappa shape index (κ2) is 20.6. The van der Waals surface area contributed by atoms with Crippen LogP contribution in [-0.2, 0) is 39.6 Å². The molecule has 0 heterocycles. The zero-order valence-electron chi connectivity index (χ0n) is 34.8. The minimum absolute atomic E-state index is 0.0520. The Kier molecular flexibility index (Phi) is 18.4. The molecule has 6 unspecified atom stereocenters. The lowest BCUT2D eigenvalue weighted by molar-refractivity contribution is -0.143. The first-order valence-corrected chi connectivity index (χ1v) is 21.7. The van der Waals surface area contributed by atoms with E-state index in [1.165, 1.54) is 13.8 Å². The van der Waals surface area contributed by atoms with Gasteiger partial charge in [0.1, 0.15) is 29.8 Å². The number of carboxylic acids is 1. The lowest BCUT2D eigenvalue weighted by atomic mass is 9.97. The third kappa shape index (κ3) is 16.6. The molecule has 0 aliphatic rings. The van der Waals surface area contributed by atoms with E-state index >= 15 is 0 Å². The fourth-order valence-corrected chi connectivity index (χ4v) is 6.51. The second-order valence-electron chi connectivity index (χ2n) is 17.2. The van der Waals surface area contributed by atoms with Gasteiger partial charge in [-0.2, -0.15) is 0 Å². The summed E-state index contributed by atoms with van der Waals surface area (Å²) in [5.74, 6) is -3.95. The standard InChI is InChI=1S/C39H67N5O9Si/c1-23(2)31(35(48)44-32(24(3)4)36(49)50)43-30(45)21-20-29(53-54(13,14)39(10,11)12)28(22-27-18-16-15-17-19-27)42-34(47)25(5)40-33(46)26(6)41-37(51)52-38(7,8)9/h15-19,23-26,28-29,31-32H,20-22H2,1-14H3,(H,40,46)(H,41,51)(H,42,47)(H,43,45)(H,44,48)(H,49,50). The van der Waals surface area contributed by atoms with Gasteiger partial charge in [-0.1, -0.05) is 78.8 Å². The van der Waals surface area contributed by atoms with Crippen molar-refractivity contribution >= 4 is 44.0 Å². The van der Waals surface area contributed by atoms with Crippen molar-refractivity contribution in [1.82, 2.24) is 26.6 Å². The van der Waals surface area contributed by atoms with Gasteiger partial charge < -0.3 is 40.9 Å². The van der Waals surface area contributed by atoms with Crippen LogP contribution in [0.4, 0.5) is 4.79 Å². The van der Waals surface area contributed by atoms with Crippen molar-refractivity contribution in [2.24, 2.45) is 11.8 Å². The predicted molar refractivity (Wildman–Crippen MR) is 211 cm³/mol. The maximum atomic E-state index is 13.7. The maximum Gasteiger partial charge on any atom is 0.408 e. The summed E-state index contributed by atoms with van der Waals surface area (Å²) in [7, 11) is -2.50. The third-order valence-corrected chi connectivity index (χ3v) is 13.9. The Balaban J connectivity index is 3.35. The van der Waals surface area contributed by atoms with E-state index in [1.54, 1.807) is 48.5 Å². The maximum absolute atomic E-state index is 13.7. The van der Waals surface area contributed by atoms with E-state index in [9.17, 15) is 33.9 Å². The molecule has 0 aromatic heterocycles. The van der Waals surface area contributed by atoms with E-state index in [2.05, 4.69) is 60.4 Å². The van der Waals surface area contributed by atoms with E-state index in [0.717, 1.165) is 5.56 Å². The van der Waals surface area contributed by atoms with Crippen molar-refractivity contribution in [3.8, 4) is 0 Å². The molecule has 54 heavy (non-hydrogen) atoms. The minimum atomic E-state index is -2.50. The monoisotopic (exact) mass is 777 g/mol. The second-order valence-corrected chi connectivity index (χ2v) is 22.0. The Hall–Kier alpha value is -3.98. The number of hydrogen-bond acceptors (Lipinski definition) is 8. The van der Waals surface area contributed by atoms with Gasteiger partial charge in [0.2, 0.25) is 23.6 Å². The van der Waals surface area contributed by atoms with Crippen LogP contribution in [0, 0.1) is 11.8 Å². The third-order valence-electron chi connectivity index (χ3n) is 9.36. The fraction of sp³-hybridized carbons (Fsp3) is 0.692. The number of rotatable bonds is 19. The van der Waals surface area contributed by atoms with Gasteiger partial charge >= 0.3 is 12.1 Å². The molecule has 0 saturated heterocycles. The first-order valence-electron chi connectivity index (χ1n) is 18.8. The number of carbonyl (C=O) groups excluding carboxylic acids is 5. The average molecular weight is 778 g/mol. The highest BCUT2D eigenvalue weighted by atomic mass is 28.4. The zero-order valence-corrected chi connectivity index (χ0v) is 35.8. The van der Waals surface area contributed by atoms with Crippen LogP contribution in [0.1, 0.15) is 101 Å². The number of benzene rings is 1. The molecule has 6 atom stereocenters. The number of carbonyl (C=O) groups is 6. The Labute approximate surface area is 323 Å². The summed E-state index contributed by atoms with van der Waals surface area (Å²) in [5, 5.41) is 22.9. The van der Waals surface area contributed by atoms with E-state index in [-0.39, 0.29) is 29.7 Å². The highest BCUT2D eigenvalue weighted by Gasteiger charge is 2.42. The van der Waals surface area contributed by atoms with Crippen LogP contribution in [0.15, 0.2) is 30.3 Å². The van der Waals surface area contributed by atoms with Crippen LogP contribution in [0.2, 0.25) is 18.1 Å². The van der Waals surface area contributed by atoms with Crippen LogP contribution >= 0.6 is 0 Å². The summed E-state index contributed by atoms with van der Waals surface area (Å²) in [6.45, 7) is 25.5. The van der Waals surface area contributed by atoms with Crippen molar-refractivity contribution in [1.29, 1.82) is 0 Å². The lowest BCUT2D eigenvalue weighted by Gasteiger charge is -2.42. The predicted octanol–water partition coefficient (Wildman–Crippen LogP) is 4.67. The number of aliphatic carboxylic acids is 1. The Morgan fingerprint density at radius 2 is 1.22 bits per heavy atom. The van der Waals surface area contributed by atoms with Gasteiger partial charge in [-0.15, -0.1) is 0 Å². The molecule has 0 aliphatic heterocycles. The first kappa shape index (κ1) is 48.0. The summed E-state index contributed by atoms with van der Waals surface area (Å²) in [6, 6.07) is 4.81. The minimum Gasteiger partial charge on any atom is -0.480 e. The van der Waals surface area contributed by atoms with Crippen LogP contribution < -0.4 is 26.6 Å². The zero-order chi connectivity index (χ0) is 41.8. The summed E-state index contributed by atoms with van der Waals surface area (Å²) >= 11 is 0. The molecular formula is C39H67N5O9Si. The van der Waals surface area contributed by atoms with Crippen molar-refractivity contribution in [2.45, 2.75) is 162 Å². The molecule has 5 amide bonds. The lowest BCUT2D eigenvalue weighted by Crippen LogP contribution is -2.57. The molecule has 0 fully saturated rings. The topological polar surface area (TPSA) is 201 Å². The molecule has 14 nitrogen and oxygen atoms in total.